The Kier molecular flexibility index (Phi) is 12.1. The van der Waals surface area contributed by atoms with E-state index in [1.807, 2.05) is 0 Å². The van der Waals surface area contributed by atoms with E-state index in [1.54, 1.807) is 0 Å². The van der Waals surface area contributed by atoms with Crippen molar-refractivity contribution in [1.29, 1.82) is 5.53 Å². The minimum atomic E-state index is -0.394. The third-order valence-corrected chi connectivity index (χ3v) is 0.492. The Bertz CT molecular complexity index is 155. The normalized spacial score (nSPS) is 7.73. The summed E-state index contributed by atoms with van der Waals surface area (Å²) in [5.41, 5.74) is 6.00. The highest BCUT2D eigenvalue weighted by molar-refractivity contribution is 5.80. The Morgan fingerprint density at radius 3 is 2.36 bits per heavy atom. The van der Waals surface area contributed by atoms with Crippen LogP contribution in [-0.2, 0) is 9.53 Å². The average Bonchev–Trinajstić information content (AvgIpc) is 2.06. The fourth-order valence-electron chi connectivity index (χ4n) is 0.117. The molecule has 0 heterocycles. The Morgan fingerprint density at radius 2 is 2.36 bits per heavy atom. The highest BCUT2D eigenvalue weighted by Crippen LogP contribution is 1.67. The molecule has 0 aliphatic heterocycles. The number of hydrazone groups is 1. The molecule has 0 aromatic rings. The summed E-state index contributed by atoms with van der Waals surface area (Å²) in [6.07, 6.45) is 2.06. The van der Waals surface area contributed by atoms with E-state index in [2.05, 4.69) is 27.4 Å². The van der Waals surface area contributed by atoms with Gasteiger partial charge in [-0.1, -0.05) is 6.58 Å². The molecule has 0 unspecified atom stereocenters. The summed E-state index contributed by atoms with van der Waals surface area (Å²) in [4.78, 5) is 9.84. The van der Waals surface area contributed by atoms with Gasteiger partial charge in [-0.25, -0.2) is 10.3 Å². The molecule has 0 rings (SSSR count). The van der Waals surface area contributed by atoms with E-state index in [0.29, 0.717) is 0 Å². The Hall–Kier alpha value is -1.72. The van der Waals surface area contributed by atoms with E-state index in [9.17, 15) is 4.79 Å². The zero-order chi connectivity index (χ0) is 9.11. The molecule has 0 spiro atoms. The maximum atomic E-state index is 9.84. The van der Waals surface area contributed by atoms with Gasteiger partial charge < -0.3 is 10.6 Å². The van der Waals surface area contributed by atoms with Gasteiger partial charge in [0.05, 0.1) is 7.11 Å². The first-order valence-electron chi connectivity index (χ1n) is 2.51. The van der Waals surface area contributed by atoms with E-state index >= 15 is 0 Å². The molecule has 62 valence electrons. The van der Waals surface area contributed by atoms with E-state index in [1.165, 1.54) is 7.11 Å². The summed E-state index contributed by atoms with van der Waals surface area (Å²) in [7, 11) is 1.31. The van der Waals surface area contributed by atoms with Crippen LogP contribution in [0.1, 0.15) is 0 Å². The van der Waals surface area contributed by atoms with Crippen LogP contribution in [0.4, 0.5) is 0 Å². The smallest absolute Gasteiger partial charge is 0.329 e. The third kappa shape index (κ3) is 17.8. The first-order chi connectivity index (χ1) is 5.22. The molecule has 6 nitrogen and oxygen atoms in total. The molecule has 0 saturated carbocycles. The molecule has 11 heavy (non-hydrogen) atoms. The van der Waals surface area contributed by atoms with Crippen LogP contribution < -0.4 is 5.84 Å². The van der Waals surface area contributed by atoms with Gasteiger partial charge in [-0.3, -0.25) is 0 Å². The molecule has 0 atom stereocenters. The van der Waals surface area contributed by atoms with E-state index in [4.69, 9.17) is 5.53 Å². The molecule has 0 aliphatic rings. The van der Waals surface area contributed by atoms with Crippen molar-refractivity contribution in [3.63, 3.8) is 0 Å². The van der Waals surface area contributed by atoms with Crippen molar-refractivity contribution in [3.05, 3.63) is 12.7 Å². The summed E-state index contributed by atoms with van der Waals surface area (Å²) in [5.74, 6) is 4.10. The van der Waals surface area contributed by atoms with Gasteiger partial charge >= 0.3 is 5.97 Å². The van der Waals surface area contributed by atoms with Gasteiger partial charge in [0.2, 0.25) is 0 Å². The molecule has 0 amide bonds. The van der Waals surface area contributed by atoms with E-state index in [-0.39, 0.29) is 0 Å². The quantitative estimate of drug-likeness (QED) is 0.115. The van der Waals surface area contributed by atoms with Crippen LogP contribution in [0.15, 0.2) is 22.9 Å². The minimum absolute atomic E-state index is 0.394. The zero-order valence-electron chi connectivity index (χ0n) is 6.15. The van der Waals surface area contributed by atoms with Crippen LogP contribution in [0, 0.1) is 5.53 Å². The summed E-state index contributed by atoms with van der Waals surface area (Å²) in [6.45, 7) is 3.16. The zero-order valence-corrected chi connectivity index (χ0v) is 6.15. The summed E-state index contributed by atoms with van der Waals surface area (Å²) >= 11 is 0. The maximum absolute atomic E-state index is 9.84. The highest BCUT2D eigenvalue weighted by Gasteiger charge is 1.81. The van der Waals surface area contributed by atoms with Gasteiger partial charge in [-0.05, 0) is 0 Å². The van der Waals surface area contributed by atoms with Crippen LogP contribution in [0.2, 0.25) is 0 Å². The fourth-order valence-corrected chi connectivity index (χ4v) is 0.117. The number of carbonyl (C=O) groups excluding carboxylic acids is 1. The number of esters is 1. The lowest BCUT2D eigenvalue weighted by Crippen LogP contribution is -1.91. The average molecular weight is 158 g/mol. The van der Waals surface area contributed by atoms with Crippen LogP contribution in [0.5, 0.6) is 0 Å². The molecule has 0 bridgehead atoms. The molecular weight excluding hydrogens is 148 g/mol. The van der Waals surface area contributed by atoms with Crippen LogP contribution in [0.25, 0.3) is 0 Å². The van der Waals surface area contributed by atoms with Crippen LogP contribution >= 0.6 is 0 Å². The van der Waals surface area contributed by atoms with Crippen molar-refractivity contribution in [3.8, 4) is 0 Å². The van der Waals surface area contributed by atoms with Crippen molar-refractivity contribution in [2.75, 3.05) is 7.11 Å². The molecule has 0 saturated heterocycles. The second-order valence-corrected chi connectivity index (χ2v) is 1.12. The first-order valence-corrected chi connectivity index (χ1v) is 2.51. The van der Waals surface area contributed by atoms with E-state index in [0.717, 1.165) is 12.4 Å². The fraction of sp³-hybridized carbons (Fsp3) is 0.200. The lowest BCUT2D eigenvalue weighted by atomic mass is 10.7. The van der Waals surface area contributed by atoms with Crippen molar-refractivity contribution in [1.82, 2.24) is 0 Å². The number of carbonyl (C=O) groups is 1. The topological polar surface area (TPSA) is 101 Å². The number of hydrogen-bond donors (Lipinski definition) is 2. The predicted octanol–water partition coefficient (Wildman–Crippen LogP) is 0.265. The Morgan fingerprint density at radius 1 is 1.82 bits per heavy atom. The summed E-state index contributed by atoms with van der Waals surface area (Å²) in [6, 6.07) is 0. The van der Waals surface area contributed by atoms with Crippen molar-refractivity contribution >= 4 is 12.3 Å². The van der Waals surface area contributed by atoms with Crippen molar-refractivity contribution in [2.24, 2.45) is 16.1 Å². The molecule has 0 aliphatic carbocycles. The van der Waals surface area contributed by atoms with E-state index < -0.39 is 5.97 Å². The van der Waals surface area contributed by atoms with Crippen molar-refractivity contribution in [2.45, 2.75) is 0 Å². The van der Waals surface area contributed by atoms with Crippen molar-refractivity contribution < 1.29 is 9.53 Å². The standard InChI is InChI=1S/C4H6O2.CH4N4/c1-3-4(5)6-2;2-4-1-5-3/h3H,1H2,2H3;1-2H,3H2/b;4-2?,5-1+. The molecule has 0 radical (unpaired) electrons. The number of nitrogens with two attached hydrogens (primary N) is 1. The van der Waals surface area contributed by atoms with Gasteiger partial charge in [0.25, 0.3) is 0 Å². The molecule has 0 aromatic carbocycles. The largest absolute Gasteiger partial charge is 0.466 e. The number of nitrogens with one attached hydrogen (secondary N) is 1. The molecule has 3 N–H and O–H groups in total. The third-order valence-electron chi connectivity index (χ3n) is 0.492. The van der Waals surface area contributed by atoms with Gasteiger partial charge in [0, 0.05) is 6.08 Å². The van der Waals surface area contributed by atoms with Gasteiger partial charge in [0.1, 0.15) is 0 Å². The van der Waals surface area contributed by atoms with Gasteiger partial charge in [0.15, 0.2) is 6.34 Å². The van der Waals surface area contributed by atoms with Gasteiger partial charge in [-0.15, -0.1) is 5.11 Å². The number of hydrogen-bond acceptors (Lipinski definition) is 5. The van der Waals surface area contributed by atoms with Gasteiger partial charge in [-0.2, -0.15) is 5.10 Å². The number of nitrogens with zero attached hydrogens (tertiary/aromatic N) is 2. The highest BCUT2D eigenvalue weighted by atomic mass is 16.5. The molecule has 6 heteroatoms. The van der Waals surface area contributed by atoms with Crippen LogP contribution in [0.3, 0.4) is 0 Å². The Labute approximate surface area is 64.2 Å². The van der Waals surface area contributed by atoms with Crippen LogP contribution in [-0.4, -0.2) is 19.4 Å². The maximum Gasteiger partial charge on any atom is 0.329 e. The summed E-state index contributed by atoms with van der Waals surface area (Å²) < 4.78 is 4.14. The number of methoxy groups -OCH3 is 1. The predicted molar refractivity (Wildman–Crippen MR) is 40.0 cm³/mol. The monoisotopic (exact) mass is 158 g/mol. The second-order valence-electron chi connectivity index (χ2n) is 1.12. The first kappa shape index (κ1) is 12.0. The summed E-state index contributed by atoms with van der Waals surface area (Å²) in [5, 5.41) is 5.56. The number of rotatable bonds is 2. The number of ether oxygens (including phenoxy) is 1. The SMILES string of the molecule is C=CC(=O)OC.N=N/C=N/N. The lowest BCUT2D eigenvalue weighted by molar-refractivity contribution is -0.134. The second kappa shape index (κ2) is 11.1. The Balaban J connectivity index is 0. The lowest BCUT2D eigenvalue weighted by Gasteiger charge is -1.83. The molecular formula is C5H10N4O2. The molecule has 0 aromatic heterocycles. The molecule has 0 fully saturated rings. The minimum Gasteiger partial charge on any atom is -0.466 e.